The molecule has 44 heavy (non-hydrogen) atoms. The van der Waals surface area contributed by atoms with Crippen molar-refractivity contribution in [1.29, 1.82) is 0 Å². The van der Waals surface area contributed by atoms with Gasteiger partial charge in [-0.2, -0.15) is 0 Å². The lowest BCUT2D eigenvalue weighted by molar-refractivity contribution is 0.237. The van der Waals surface area contributed by atoms with E-state index in [1.165, 1.54) is 44.8 Å². The second-order valence-corrected chi connectivity index (χ2v) is 13.9. The minimum atomic E-state index is 0.0780. The predicted octanol–water partition coefficient (Wildman–Crippen LogP) is 8.45. The molecule has 3 aliphatic heterocycles. The van der Waals surface area contributed by atoms with Crippen LogP contribution < -0.4 is 15.5 Å². The standard InChI is InChI=1S/C40H37N3S/c1-4-14-26(15-5-1)29-24-25-30(27-16-6-2-7-17-27)38-37(29)41-36(28-18-8-3-9-19-28)39(42-38)43-33-22-12-10-20-31(33)35-32-21-11-13-23-34(32)44-40(35)43/h1-6,8-15,18-25,27,35-42H,7,16-17H2. The van der Waals surface area contributed by atoms with Crippen LogP contribution in [-0.2, 0) is 0 Å². The number of para-hydroxylation sites is 1. The monoisotopic (exact) mass is 591 g/mol. The number of nitrogens with zero attached hydrogens (tertiary/aromatic N) is 1. The van der Waals surface area contributed by atoms with Gasteiger partial charge in [0.25, 0.3) is 0 Å². The predicted molar refractivity (Wildman–Crippen MR) is 183 cm³/mol. The zero-order valence-corrected chi connectivity index (χ0v) is 25.5. The molecule has 0 saturated carbocycles. The molecule has 218 valence electrons. The molecule has 4 heteroatoms. The Labute approximate surface area is 264 Å². The maximum absolute atomic E-state index is 4.39. The molecule has 2 aliphatic carbocycles. The number of hydrogen-bond donors (Lipinski definition) is 2. The molecule has 3 nitrogen and oxygen atoms in total. The van der Waals surface area contributed by atoms with Crippen LogP contribution in [-0.4, -0.2) is 23.6 Å². The molecule has 0 amide bonds. The molecule has 0 bridgehead atoms. The highest BCUT2D eigenvalue weighted by Gasteiger charge is 2.52. The zero-order chi connectivity index (χ0) is 29.0. The summed E-state index contributed by atoms with van der Waals surface area (Å²) in [5.74, 6) is 0.931. The number of hydrogen-bond acceptors (Lipinski definition) is 4. The number of fused-ring (bicyclic) bond motifs is 6. The summed E-state index contributed by atoms with van der Waals surface area (Å²) in [4.78, 5) is 4.16. The van der Waals surface area contributed by atoms with Crippen molar-refractivity contribution in [2.75, 3.05) is 4.90 Å². The normalized spacial score (nSPS) is 30.1. The van der Waals surface area contributed by atoms with E-state index >= 15 is 0 Å². The molecule has 5 aliphatic rings. The number of nitrogens with one attached hydrogen (secondary N) is 2. The first-order chi connectivity index (χ1) is 21.8. The van der Waals surface area contributed by atoms with E-state index in [9.17, 15) is 0 Å². The van der Waals surface area contributed by atoms with Crippen LogP contribution in [0.5, 0.6) is 0 Å². The van der Waals surface area contributed by atoms with E-state index in [0.717, 1.165) is 12.8 Å². The van der Waals surface area contributed by atoms with E-state index in [2.05, 4.69) is 149 Å². The molecule has 0 spiro atoms. The fourth-order valence-electron chi connectivity index (χ4n) is 8.45. The van der Waals surface area contributed by atoms with Crippen molar-refractivity contribution in [1.82, 2.24) is 10.6 Å². The zero-order valence-electron chi connectivity index (χ0n) is 24.7. The Morgan fingerprint density at radius 3 is 2.23 bits per heavy atom. The van der Waals surface area contributed by atoms with Crippen LogP contribution in [0.1, 0.15) is 53.5 Å². The summed E-state index contributed by atoms with van der Waals surface area (Å²) >= 11 is 2.04. The van der Waals surface area contributed by atoms with E-state index in [1.54, 1.807) is 5.57 Å². The molecule has 7 unspecified atom stereocenters. The topological polar surface area (TPSA) is 27.3 Å². The van der Waals surface area contributed by atoms with Crippen molar-refractivity contribution in [3.63, 3.8) is 0 Å². The van der Waals surface area contributed by atoms with Crippen LogP contribution in [0.3, 0.4) is 0 Å². The smallest absolute Gasteiger partial charge is 0.101 e. The Morgan fingerprint density at radius 2 is 1.41 bits per heavy atom. The second kappa shape index (κ2) is 11.0. The number of piperazine rings is 1. The molecular formula is C40H37N3S. The molecule has 1 fully saturated rings. The molecule has 0 radical (unpaired) electrons. The summed E-state index contributed by atoms with van der Waals surface area (Å²) in [5, 5.41) is 9.01. The molecule has 1 saturated heterocycles. The van der Waals surface area contributed by atoms with Crippen molar-refractivity contribution in [2.24, 2.45) is 5.92 Å². The number of allylic oxidation sites excluding steroid dienone is 4. The summed E-state index contributed by atoms with van der Waals surface area (Å²) in [7, 11) is 0. The Hall–Kier alpha value is -3.83. The quantitative estimate of drug-likeness (QED) is 0.233. The van der Waals surface area contributed by atoms with Gasteiger partial charge in [0, 0.05) is 16.5 Å². The number of benzene rings is 4. The van der Waals surface area contributed by atoms with Crippen molar-refractivity contribution >= 4 is 23.0 Å². The number of anilines is 1. The number of rotatable bonds is 4. The number of thioether (sulfide) groups is 1. The lowest BCUT2D eigenvalue weighted by atomic mass is 9.74. The summed E-state index contributed by atoms with van der Waals surface area (Å²) < 4.78 is 0. The summed E-state index contributed by atoms with van der Waals surface area (Å²) in [6.45, 7) is 0. The second-order valence-electron chi connectivity index (χ2n) is 12.7. The highest BCUT2D eigenvalue weighted by Crippen LogP contribution is 2.58. The fraction of sp³-hybridized carbons (Fsp3) is 0.250. The van der Waals surface area contributed by atoms with Gasteiger partial charge in [-0.05, 0) is 70.7 Å². The van der Waals surface area contributed by atoms with Crippen LogP contribution >= 0.6 is 11.8 Å². The first-order valence-corrected chi connectivity index (χ1v) is 17.0. The van der Waals surface area contributed by atoms with Gasteiger partial charge >= 0.3 is 0 Å². The average Bonchev–Trinajstić information content (AvgIpc) is 3.63. The van der Waals surface area contributed by atoms with Gasteiger partial charge in [0.2, 0.25) is 0 Å². The van der Waals surface area contributed by atoms with Gasteiger partial charge in [0.05, 0.1) is 23.5 Å². The van der Waals surface area contributed by atoms with Crippen molar-refractivity contribution in [3.8, 4) is 0 Å². The van der Waals surface area contributed by atoms with Gasteiger partial charge in [0.1, 0.15) is 6.17 Å². The lowest BCUT2D eigenvalue weighted by Gasteiger charge is -2.52. The van der Waals surface area contributed by atoms with Gasteiger partial charge in [0.15, 0.2) is 0 Å². The van der Waals surface area contributed by atoms with Crippen LogP contribution in [0.2, 0.25) is 0 Å². The Morgan fingerprint density at radius 1 is 0.659 bits per heavy atom. The van der Waals surface area contributed by atoms with Gasteiger partial charge in [-0.15, -0.1) is 0 Å². The van der Waals surface area contributed by atoms with Crippen molar-refractivity contribution in [2.45, 2.75) is 59.7 Å². The third kappa shape index (κ3) is 4.27. The molecule has 0 aromatic heterocycles. The Kier molecular flexibility index (Phi) is 6.61. The van der Waals surface area contributed by atoms with Crippen LogP contribution in [0.4, 0.5) is 5.69 Å². The maximum atomic E-state index is 4.39. The van der Waals surface area contributed by atoms with Gasteiger partial charge < -0.3 is 4.90 Å². The summed E-state index contributed by atoms with van der Waals surface area (Å²) in [6.07, 6.45) is 13.2. The van der Waals surface area contributed by atoms with Crippen LogP contribution in [0, 0.1) is 5.92 Å². The molecule has 2 N–H and O–H groups in total. The van der Waals surface area contributed by atoms with E-state index < -0.39 is 0 Å². The van der Waals surface area contributed by atoms with Gasteiger partial charge in [-0.3, -0.25) is 10.6 Å². The van der Waals surface area contributed by atoms with Crippen LogP contribution in [0.25, 0.3) is 5.57 Å². The third-order valence-corrected chi connectivity index (χ3v) is 11.8. The van der Waals surface area contributed by atoms with Gasteiger partial charge in [-0.1, -0.05) is 133 Å². The fourth-order valence-corrected chi connectivity index (χ4v) is 9.98. The summed E-state index contributed by atoms with van der Waals surface area (Å²) in [5.41, 5.74) is 9.84. The van der Waals surface area contributed by atoms with Gasteiger partial charge in [-0.25, -0.2) is 0 Å². The molecule has 9 rings (SSSR count). The van der Waals surface area contributed by atoms with E-state index in [1.807, 2.05) is 11.8 Å². The van der Waals surface area contributed by atoms with Crippen molar-refractivity contribution < 1.29 is 0 Å². The Bertz CT molecular complexity index is 1780. The van der Waals surface area contributed by atoms with Crippen LogP contribution in [0.15, 0.2) is 144 Å². The van der Waals surface area contributed by atoms with E-state index in [4.69, 9.17) is 0 Å². The molecule has 7 atom stereocenters. The highest BCUT2D eigenvalue weighted by molar-refractivity contribution is 8.00. The average molecular weight is 592 g/mol. The third-order valence-electron chi connectivity index (χ3n) is 10.4. The largest absolute Gasteiger partial charge is 0.340 e. The minimum absolute atomic E-state index is 0.0780. The molecule has 3 heterocycles. The maximum Gasteiger partial charge on any atom is 0.101 e. The molecular weight excluding hydrogens is 555 g/mol. The van der Waals surface area contributed by atoms with Crippen molar-refractivity contribution in [3.05, 3.63) is 161 Å². The first kappa shape index (κ1) is 26.6. The first-order valence-electron chi connectivity index (χ1n) is 16.2. The Balaban J connectivity index is 1.18. The molecule has 4 aromatic carbocycles. The van der Waals surface area contributed by atoms with E-state index in [-0.39, 0.29) is 24.3 Å². The lowest BCUT2D eigenvalue weighted by Crippen LogP contribution is -2.69. The minimum Gasteiger partial charge on any atom is -0.340 e. The highest BCUT2D eigenvalue weighted by atomic mass is 32.2. The SMILES string of the molecule is C1=CCC(C2=CC=C(c3ccccc3)C3NC(c4ccccc4)C(N4c5ccccc5C5c6ccccc6SC54)NC23)CC1. The molecule has 4 aromatic rings. The summed E-state index contributed by atoms with van der Waals surface area (Å²) in [6, 6.07) is 40.8. The van der Waals surface area contributed by atoms with E-state index in [0.29, 0.717) is 17.2 Å².